The Kier molecular flexibility index (Phi) is 5.26. The molecule has 0 aromatic rings. The van der Waals surface area contributed by atoms with Gasteiger partial charge in [0.25, 0.3) is 0 Å². The number of amides is 1. The number of hydrogen-bond acceptors (Lipinski definition) is 2. The van der Waals surface area contributed by atoms with Crippen molar-refractivity contribution in [2.45, 2.75) is 52.4 Å². The molecule has 0 unspecified atom stereocenters. The molecule has 1 aliphatic rings. The van der Waals surface area contributed by atoms with E-state index in [1.165, 1.54) is 12.8 Å². The van der Waals surface area contributed by atoms with Gasteiger partial charge in [0.15, 0.2) is 0 Å². The Labute approximate surface area is 99.2 Å². The van der Waals surface area contributed by atoms with Crippen LogP contribution in [0.4, 0.5) is 0 Å². The van der Waals surface area contributed by atoms with Crippen LogP contribution in [0.25, 0.3) is 0 Å². The summed E-state index contributed by atoms with van der Waals surface area (Å²) in [7, 11) is 0. The first-order chi connectivity index (χ1) is 7.68. The summed E-state index contributed by atoms with van der Waals surface area (Å²) < 4.78 is 0. The zero-order valence-electron chi connectivity index (χ0n) is 10.7. The van der Waals surface area contributed by atoms with E-state index in [9.17, 15) is 4.79 Å². The molecule has 0 aromatic heterocycles. The number of hydrogen-bond donors (Lipinski definition) is 2. The maximum atomic E-state index is 12.2. The van der Waals surface area contributed by atoms with Gasteiger partial charge in [-0.05, 0) is 31.6 Å². The van der Waals surface area contributed by atoms with Gasteiger partial charge >= 0.3 is 0 Å². The third-order valence-electron chi connectivity index (χ3n) is 3.58. The van der Waals surface area contributed by atoms with Crippen LogP contribution in [0.5, 0.6) is 0 Å². The summed E-state index contributed by atoms with van der Waals surface area (Å²) in [6, 6.07) is 0. The standard InChI is InChI=1S/C13H26N2O/c1-3-7-13(10-14,8-4-2)12(16)15-9-11-5-6-11/h11H,3-10,14H2,1-2H3,(H,15,16). The Morgan fingerprint density at radius 1 is 1.31 bits per heavy atom. The highest BCUT2D eigenvalue weighted by atomic mass is 16.2. The first-order valence-corrected chi connectivity index (χ1v) is 6.67. The molecule has 0 aromatic carbocycles. The Morgan fingerprint density at radius 3 is 2.25 bits per heavy atom. The molecule has 3 N–H and O–H groups in total. The highest BCUT2D eigenvalue weighted by molar-refractivity contribution is 5.82. The number of nitrogens with two attached hydrogens (primary N) is 1. The fourth-order valence-electron chi connectivity index (χ4n) is 2.35. The molecule has 3 heteroatoms. The van der Waals surface area contributed by atoms with E-state index in [1.807, 2.05) is 0 Å². The van der Waals surface area contributed by atoms with Crippen LogP contribution in [0, 0.1) is 11.3 Å². The fraction of sp³-hybridized carbons (Fsp3) is 0.923. The van der Waals surface area contributed by atoms with E-state index in [1.54, 1.807) is 0 Å². The second-order valence-electron chi connectivity index (χ2n) is 5.14. The summed E-state index contributed by atoms with van der Waals surface area (Å²) in [6.45, 7) is 5.57. The highest BCUT2D eigenvalue weighted by Gasteiger charge is 2.35. The van der Waals surface area contributed by atoms with Gasteiger partial charge < -0.3 is 11.1 Å². The zero-order valence-corrected chi connectivity index (χ0v) is 10.7. The predicted molar refractivity (Wildman–Crippen MR) is 67.0 cm³/mol. The molecule has 1 saturated carbocycles. The van der Waals surface area contributed by atoms with Crippen molar-refractivity contribution in [3.8, 4) is 0 Å². The lowest BCUT2D eigenvalue weighted by molar-refractivity contribution is -0.131. The van der Waals surface area contributed by atoms with E-state index < -0.39 is 0 Å². The van der Waals surface area contributed by atoms with Crippen molar-refractivity contribution >= 4 is 5.91 Å². The highest BCUT2D eigenvalue weighted by Crippen LogP contribution is 2.31. The lowest BCUT2D eigenvalue weighted by Gasteiger charge is -2.30. The summed E-state index contributed by atoms with van der Waals surface area (Å²) in [5.74, 6) is 0.924. The zero-order chi connectivity index (χ0) is 12.0. The monoisotopic (exact) mass is 226 g/mol. The average molecular weight is 226 g/mol. The Morgan fingerprint density at radius 2 is 1.88 bits per heavy atom. The van der Waals surface area contributed by atoms with E-state index in [2.05, 4.69) is 19.2 Å². The number of nitrogens with one attached hydrogen (secondary N) is 1. The SMILES string of the molecule is CCCC(CN)(CCC)C(=O)NCC1CC1. The van der Waals surface area contributed by atoms with Crippen molar-refractivity contribution in [1.82, 2.24) is 5.32 Å². The van der Waals surface area contributed by atoms with Crippen molar-refractivity contribution in [2.75, 3.05) is 13.1 Å². The number of rotatable bonds is 8. The molecular formula is C13H26N2O. The van der Waals surface area contributed by atoms with E-state index in [4.69, 9.17) is 5.73 Å². The van der Waals surface area contributed by atoms with Crippen molar-refractivity contribution in [3.63, 3.8) is 0 Å². The van der Waals surface area contributed by atoms with Crippen molar-refractivity contribution < 1.29 is 4.79 Å². The second kappa shape index (κ2) is 6.24. The van der Waals surface area contributed by atoms with Crippen LogP contribution in [-0.4, -0.2) is 19.0 Å². The lowest BCUT2D eigenvalue weighted by atomic mass is 9.78. The van der Waals surface area contributed by atoms with Gasteiger partial charge in [0.2, 0.25) is 5.91 Å². The molecular weight excluding hydrogens is 200 g/mol. The summed E-state index contributed by atoms with van der Waals surface area (Å²) in [6.07, 6.45) is 6.42. The summed E-state index contributed by atoms with van der Waals surface area (Å²) in [5, 5.41) is 3.09. The summed E-state index contributed by atoms with van der Waals surface area (Å²) in [5.41, 5.74) is 5.53. The van der Waals surface area contributed by atoms with E-state index in [-0.39, 0.29) is 11.3 Å². The van der Waals surface area contributed by atoms with Gasteiger partial charge in [0.1, 0.15) is 0 Å². The first-order valence-electron chi connectivity index (χ1n) is 6.67. The minimum atomic E-state index is -0.307. The molecule has 0 heterocycles. The molecule has 1 rings (SSSR count). The summed E-state index contributed by atoms with van der Waals surface area (Å²) >= 11 is 0. The normalized spacial score (nSPS) is 16.2. The van der Waals surface area contributed by atoms with Gasteiger partial charge in [-0.25, -0.2) is 0 Å². The molecule has 0 atom stereocenters. The molecule has 1 amide bonds. The maximum absolute atomic E-state index is 12.2. The third-order valence-corrected chi connectivity index (χ3v) is 3.58. The van der Waals surface area contributed by atoms with Gasteiger partial charge in [0.05, 0.1) is 5.41 Å². The quantitative estimate of drug-likeness (QED) is 0.665. The van der Waals surface area contributed by atoms with E-state index in [0.29, 0.717) is 6.54 Å². The molecule has 1 aliphatic carbocycles. The summed E-state index contributed by atoms with van der Waals surface area (Å²) in [4.78, 5) is 12.2. The Balaban J connectivity index is 2.52. The molecule has 0 aliphatic heterocycles. The lowest BCUT2D eigenvalue weighted by Crippen LogP contribution is -2.46. The molecule has 0 radical (unpaired) electrons. The molecule has 16 heavy (non-hydrogen) atoms. The number of carbonyl (C=O) groups is 1. The molecule has 3 nitrogen and oxygen atoms in total. The van der Waals surface area contributed by atoms with Crippen molar-refractivity contribution in [1.29, 1.82) is 0 Å². The van der Waals surface area contributed by atoms with Gasteiger partial charge in [-0.3, -0.25) is 4.79 Å². The topological polar surface area (TPSA) is 55.1 Å². The molecule has 0 bridgehead atoms. The van der Waals surface area contributed by atoms with Gasteiger partial charge in [-0.15, -0.1) is 0 Å². The van der Waals surface area contributed by atoms with E-state index >= 15 is 0 Å². The average Bonchev–Trinajstić information content (AvgIpc) is 3.09. The molecule has 1 fully saturated rings. The maximum Gasteiger partial charge on any atom is 0.227 e. The van der Waals surface area contributed by atoms with Gasteiger partial charge in [-0.2, -0.15) is 0 Å². The predicted octanol–water partition coefficient (Wildman–Crippen LogP) is 2.06. The smallest absolute Gasteiger partial charge is 0.227 e. The van der Waals surface area contributed by atoms with Crippen LogP contribution in [0.1, 0.15) is 52.4 Å². The largest absolute Gasteiger partial charge is 0.355 e. The Bertz CT molecular complexity index is 218. The van der Waals surface area contributed by atoms with Crippen LogP contribution in [-0.2, 0) is 4.79 Å². The second-order valence-corrected chi connectivity index (χ2v) is 5.14. The van der Waals surface area contributed by atoms with Crippen molar-refractivity contribution in [2.24, 2.45) is 17.1 Å². The van der Waals surface area contributed by atoms with Crippen LogP contribution in [0.15, 0.2) is 0 Å². The molecule has 0 saturated heterocycles. The third kappa shape index (κ3) is 3.48. The van der Waals surface area contributed by atoms with Crippen molar-refractivity contribution in [3.05, 3.63) is 0 Å². The first kappa shape index (κ1) is 13.5. The van der Waals surface area contributed by atoms with Crippen LogP contribution < -0.4 is 11.1 Å². The van der Waals surface area contributed by atoms with Gasteiger partial charge in [-0.1, -0.05) is 26.7 Å². The van der Waals surface area contributed by atoms with E-state index in [0.717, 1.165) is 38.1 Å². The fourth-order valence-corrected chi connectivity index (χ4v) is 2.35. The molecule has 94 valence electrons. The van der Waals surface area contributed by atoms with Crippen LogP contribution >= 0.6 is 0 Å². The van der Waals surface area contributed by atoms with Crippen LogP contribution in [0.2, 0.25) is 0 Å². The minimum absolute atomic E-state index is 0.186. The van der Waals surface area contributed by atoms with Crippen LogP contribution in [0.3, 0.4) is 0 Å². The minimum Gasteiger partial charge on any atom is -0.355 e. The molecule has 0 spiro atoms. The Hall–Kier alpha value is -0.570. The van der Waals surface area contributed by atoms with Gasteiger partial charge in [0, 0.05) is 13.1 Å². The number of carbonyl (C=O) groups excluding carboxylic acids is 1.